The molecule has 0 unspecified atom stereocenters. The molecular formula is C28H28N4O2. The van der Waals surface area contributed by atoms with Gasteiger partial charge in [-0.1, -0.05) is 72.3 Å². The van der Waals surface area contributed by atoms with E-state index in [0.717, 1.165) is 40.3 Å². The van der Waals surface area contributed by atoms with Crippen LogP contribution < -0.4 is 10.6 Å². The van der Waals surface area contributed by atoms with E-state index in [9.17, 15) is 9.59 Å². The number of anilines is 1. The van der Waals surface area contributed by atoms with Crippen LogP contribution in [0.15, 0.2) is 79.3 Å². The predicted molar refractivity (Wildman–Crippen MR) is 134 cm³/mol. The number of nitrogens with one attached hydrogen (secondary N) is 2. The Morgan fingerprint density at radius 1 is 0.971 bits per heavy atom. The molecule has 6 nitrogen and oxygen atoms in total. The highest BCUT2D eigenvalue weighted by molar-refractivity contribution is 5.95. The third kappa shape index (κ3) is 5.01. The minimum atomic E-state index is -0.0866. The molecule has 0 atom stereocenters. The van der Waals surface area contributed by atoms with Crippen molar-refractivity contribution in [2.45, 2.75) is 44.7 Å². The number of rotatable bonds is 7. The van der Waals surface area contributed by atoms with E-state index in [1.54, 1.807) is 6.33 Å². The van der Waals surface area contributed by atoms with E-state index in [4.69, 9.17) is 0 Å². The van der Waals surface area contributed by atoms with Gasteiger partial charge in [-0.2, -0.15) is 0 Å². The van der Waals surface area contributed by atoms with Crippen LogP contribution in [0.1, 0.15) is 35.6 Å². The van der Waals surface area contributed by atoms with Crippen LogP contribution in [0, 0.1) is 6.92 Å². The number of nitrogens with zero attached hydrogens (tertiary/aromatic N) is 2. The summed E-state index contributed by atoms with van der Waals surface area (Å²) >= 11 is 0. The summed E-state index contributed by atoms with van der Waals surface area (Å²) in [5.41, 5.74) is 3.19. The number of hydrogen-bond donors (Lipinski definition) is 2. The van der Waals surface area contributed by atoms with Crippen molar-refractivity contribution in [3.05, 3.63) is 95.9 Å². The number of amides is 2. The first kappa shape index (κ1) is 21.9. The van der Waals surface area contributed by atoms with Gasteiger partial charge in [0.2, 0.25) is 11.8 Å². The Balaban J connectivity index is 1.11. The fraction of sp³-hybridized carbons (Fsp3) is 0.250. The molecule has 34 heavy (non-hydrogen) atoms. The third-order valence-electron chi connectivity index (χ3n) is 6.45. The lowest BCUT2D eigenvalue weighted by molar-refractivity contribution is -0.122. The van der Waals surface area contributed by atoms with Gasteiger partial charge in [0.25, 0.3) is 0 Å². The third-order valence-corrected chi connectivity index (χ3v) is 6.45. The van der Waals surface area contributed by atoms with Gasteiger partial charge in [-0.25, -0.2) is 4.98 Å². The van der Waals surface area contributed by atoms with Crippen LogP contribution in [-0.2, 0) is 22.4 Å². The molecule has 2 amide bonds. The van der Waals surface area contributed by atoms with Gasteiger partial charge in [-0.3, -0.25) is 9.59 Å². The van der Waals surface area contributed by atoms with Crippen molar-refractivity contribution in [3.8, 4) is 0 Å². The number of hydrogen-bond acceptors (Lipinski definition) is 3. The Morgan fingerprint density at radius 3 is 2.62 bits per heavy atom. The molecule has 0 aliphatic heterocycles. The van der Waals surface area contributed by atoms with Gasteiger partial charge in [0.1, 0.15) is 0 Å². The van der Waals surface area contributed by atoms with Gasteiger partial charge in [0.15, 0.2) is 5.82 Å². The van der Waals surface area contributed by atoms with Gasteiger partial charge >= 0.3 is 0 Å². The first-order chi connectivity index (χ1) is 16.5. The molecule has 1 fully saturated rings. The van der Waals surface area contributed by atoms with Crippen LogP contribution in [0.5, 0.6) is 0 Å². The average molecular weight is 453 g/mol. The van der Waals surface area contributed by atoms with Crippen molar-refractivity contribution in [2.24, 2.45) is 0 Å². The molecule has 4 aromatic rings. The molecule has 1 aromatic heterocycles. The number of imidazole rings is 1. The maximum Gasteiger partial charge on any atom is 0.230 e. The van der Waals surface area contributed by atoms with Gasteiger partial charge < -0.3 is 15.2 Å². The molecule has 6 heteroatoms. The first-order valence-electron chi connectivity index (χ1n) is 11.7. The topological polar surface area (TPSA) is 76.0 Å². The smallest absolute Gasteiger partial charge is 0.230 e. The highest BCUT2D eigenvalue weighted by Crippen LogP contribution is 2.32. The first-order valence-corrected chi connectivity index (χ1v) is 11.7. The Labute approximate surface area is 199 Å². The number of carbonyl (C=O) groups is 2. The minimum Gasteiger partial charge on any atom is -0.353 e. The monoisotopic (exact) mass is 452 g/mol. The molecule has 172 valence electrons. The zero-order chi connectivity index (χ0) is 23.5. The molecule has 1 aliphatic carbocycles. The second kappa shape index (κ2) is 9.51. The zero-order valence-electron chi connectivity index (χ0n) is 19.2. The summed E-state index contributed by atoms with van der Waals surface area (Å²) in [5, 5.41) is 8.26. The van der Waals surface area contributed by atoms with E-state index >= 15 is 0 Å². The van der Waals surface area contributed by atoms with E-state index in [2.05, 4.69) is 27.8 Å². The fourth-order valence-corrected chi connectivity index (χ4v) is 4.64. The normalized spacial score (nSPS) is 17.2. The molecule has 0 radical (unpaired) electrons. The number of fused-ring (bicyclic) bond motifs is 1. The van der Waals surface area contributed by atoms with E-state index in [1.807, 2.05) is 72.3 Å². The van der Waals surface area contributed by atoms with Gasteiger partial charge in [0, 0.05) is 18.3 Å². The van der Waals surface area contributed by atoms with E-state index in [0.29, 0.717) is 18.7 Å². The van der Waals surface area contributed by atoms with Crippen molar-refractivity contribution in [2.75, 3.05) is 5.32 Å². The Morgan fingerprint density at radius 2 is 1.76 bits per heavy atom. The SMILES string of the molecule is Cc1cccc(CC(=O)N[C@H]2C[C@@H](n3cnc(NC(=O)Cc4cccc5ccccc45)c3)C2)c1. The average Bonchev–Trinajstić information content (AvgIpc) is 3.24. The van der Waals surface area contributed by atoms with Crippen LogP contribution in [0.2, 0.25) is 0 Å². The van der Waals surface area contributed by atoms with Gasteiger partial charge in [-0.15, -0.1) is 0 Å². The van der Waals surface area contributed by atoms with Crippen LogP contribution >= 0.6 is 0 Å². The molecule has 0 spiro atoms. The molecule has 1 aliphatic rings. The lowest BCUT2D eigenvalue weighted by atomic mass is 9.86. The van der Waals surface area contributed by atoms with Crippen LogP contribution in [-0.4, -0.2) is 27.4 Å². The summed E-state index contributed by atoms with van der Waals surface area (Å²) in [5.74, 6) is 0.523. The molecule has 2 N–H and O–H groups in total. The summed E-state index contributed by atoms with van der Waals surface area (Å²) in [6.45, 7) is 2.03. The standard InChI is InChI=1S/C28H28N4O2/c1-19-6-4-7-20(12-19)13-27(33)30-23-15-24(16-23)32-17-26(29-18-32)31-28(34)14-22-10-5-9-21-8-2-3-11-25(21)22/h2-12,17-18,23-24H,13-16H2,1H3,(H,30,33)(H,31,34)/t23-,24+. The van der Waals surface area contributed by atoms with Crippen molar-refractivity contribution >= 4 is 28.4 Å². The Bertz CT molecular complexity index is 1330. The Kier molecular flexibility index (Phi) is 6.12. The van der Waals surface area contributed by atoms with Crippen molar-refractivity contribution in [3.63, 3.8) is 0 Å². The lowest BCUT2D eigenvalue weighted by Gasteiger charge is -2.36. The molecule has 1 saturated carbocycles. The molecule has 0 saturated heterocycles. The van der Waals surface area contributed by atoms with Crippen molar-refractivity contribution in [1.82, 2.24) is 14.9 Å². The quantitative estimate of drug-likeness (QED) is 0.431. The molecule has 5 rings (SSSR count). The highest BCUT2D eigenvalue weighted by atomic mass is 16.2. The molecular weight excluding hydrogens is 424 g/mol. The number of carbonyl (C=O) groups excluding carboxylic acids is 2. The predicted octanol–water partition coefficient (Wildman–Crippen LogP) is 4.59. The van der Waals surface area contributed by atoms with Gasteiger partial charge in [-0.05, 0) is 41.7 Å². The van der Waals surface area contributed by atoms with E-state index in [1.165, 1.54) is 0 Å². The summed E-state index contributed by atoms with van der Waals surface area (Å²) in [7, 11) is 0. The summed E-state index contributed by atoms with van der Waals surface area (Å²) in [4.78, 5) is 29.3. The second-order valence-electron chi connectivity index (χ2n) is 9.12. The van der Waals surface area contributed by atoms with Crippen molar-refractivity contribution < 1.29 is 9.59 Å². The number of benzene rings is 3. The number of aromatic nitrogens is 2. The Hall–Kier alpha value is -3.93. The fourth-order valence-electron chi connectivity index (χ4n) is 4.64. The maximum absolute atomic E-state index is 12.6. The lowest BCUT2D eigenvalue weighted by Crippen LogP contribution is -2.45. The van der Waals surface area contributed by atoms with Gasteiger partial charge in [0.05, 0.1) is 19.2 Å². The second-order valence-corrected chi connectivity index (χ2v) is 9.12. The number of aryl methyl sites for hydroxylation is 1. The minimum absolute atomic E-state index is 0.0565. The molecule has 0 bridgehead atoms. The summed E-state index contributed by atoms with van der Waals surface area (Å²) < 4.78 is 2.02. The van der Waals surface area contributed by atoms with Crippen molar-refractivity contribution in [1.29, 1.82) is 0 Å². The van der Waals surface area contributed by atoms with Crippen LogP contribution in [0.3, 0.4) is 0 Å². The summed E-state index contributed by atoms with van der Waals surface area (Å²) in [6, 6.07) is 22.6. The van der Waals surface area contributed by atoms with E-state index in [-0.39, 0.29) is 23.9 Å². The van der Waals surface area contributed by atoms with E-state index < -0.39 is 0 Å². The largest absolute Gasteiger partial charge is 0.353 e. The van der Waals surface area contributed by atoms with Crippen LogP contribution in [0.4, 0.5) is 5.82 Å². The molecule has 3 aromatic carbocycles. The maximum atomic E-state index is 12.6. The highest BCUT2D eigenvalue weighted by Gasteiger charge is 2.31. The molecule has 1 heterocycles. The van der Waals surface area contributed by atoms with Crippen LogP contribution in [0.25, 0.3) is 10.8 Å². The zero-order valence-corrected chi connectivity index (χ0v) is 19.2. The summed E-state index contributed by atoms with van der Waals surface area (Å²) in [6.07, 6.45) is 6.05.